The van der Waals surface area contributed by atoms with E-state index in [0.29, 0.717) is 52.4 Å². The first kappa shape index (κ1) is 25.9. The molecular formula is C29H28F2N8O. The van der Waals surface area contributed by atoms with Gasteiger partial charge in [0.15, 0.2) is 0 Å². The molecule has 1 aliphatic heterocycles. The fourth-order valence-corrected chi connectivity index (χ4v) is 5.28. The van der Waals surface area contributed by atoms with Gasteiger partial charge in [-0.15, -0.1) is 0 Å². The summed E-state index contributed by atoms with van der Waals surface area (Å²) in [4.78, 5) is 11.7. The lowest BCUT2D eigenvalue weighted by molar-refractivity contribution is 0.0591. The molecule has 0 spiro atoms. The van der Waals surface area contributed by atoms with Crippen LogP contribution in [0, 0.1) is 23.0 Å². The molecule has 40 heavy (non-hydrogen) atoms. The SMILES string of the molecule is CC(C)(O)Cn1ncc2cc(F)c(-c3c(-c4ccc(C#N)c(F)c4)nc(N4CCC(N)CC4)n4ccnc34)cc21. The van der Waals surface area contributed by atoms with E-state index in [2.05, 4.69) is 15.0 Å². The van der Waals surface area contributed by atoms with E-state index in [1.807, 2.05) is 10.5 Å². The van der Waals surface area contributed by atoms with Crippen molar-refractivity contribution >= 4 is 22.5 Å². The lowest BCUT2D eigenvalue weighted by Gasteiger charge is -2.32. The van der Waals surface area contributed by atoms with E-state index >= 15 is 4.39 Å². The molecule has 0 aliphatic carbocycles. The Morgan fingerprint density at radius 1 is 1.15 bits per heavy atom. The Bertz CT molecular complexity index is 1790. The van der Waals surface area contributed by atoms with Crippen molar-refractivity contribution < 1.29 is 13.9 Å². The Morgan fingerprint density at radius 3 is 2.62 bits per heavy atom. The van der Waals surface area contributed by atoms with Crippen LogP contribution in [0.1, 0.15) is 32.3 Å². The van der Waals surface area contributed by atoms with Gasteiger partial charge in [-0.3, -0.25) is 9.08 Å². The molecule has 3 aromatic heterocycles. The molecule has 0 atom stereocenters. The summed E-state index contributed by atoms with van der Waals surface area (Å²) in [6.07, 6.45) is 6.53. The summed E-state index contributed by atoms with van der Waals surface area (Å²) in [6, 6.07) is 9.25. The molecule has 0 saturated carbocycles. The smallest absolute Gasteiger partial charge is 0.211 e. The quantitative estimate of drug-likeness (QED) is 0.340. The predicted octanol–water partition coefficient (Wildman–Crippen LogP) is 4.26. The molecular weight excluding hydrogens is 514 g/mol. The van der Waals surface area contributed by atoms with Crippen molar-refractivity contribution in [2.45, 2.75) is 44.9 Å². The van der Waals surface area contributed by atoms with Crippen LogP contribution in [0.4, 0.5) is 14.7 Å². The van der Waals surface area contributed by atoms with Crippen LogP contribution in [0.3, 0.4) is 0 Å². The molecule has 2 aromatic carbocycles. The summed E-state index contributed by atoms with van der Waals surface area (Å²) in [6.45, 7) is 4.90. The number of halogens is 2. The number of nitrogens with two attached hydrogens (primary N) is 1. The number of aromatic nitrogens is 5. The molecule has 0 bridgehead atoms. The topological polar surface area (TPSA) is 121 Å². The maximum atomic E-state index is 15.9. The van der Waals surface area contributed by atoms with Gasteiger partial charge in [-0.2, -0.15) is 10.4 Å². The largest absolute Gasteiger partial charge is 0.389 e. The Kier molecular flexibility index (Phi) is 6.24. The van der Waals surface area contributed by atoms with Crippen molar-refractivity contribution in [2.24, 2.45) is 5.73 Å². The molecule has 5 aromatic rings. The molecule has 1 fully saturated rings. The highest BCUT2D eigenvalue weighted by molar-refractivity contribution is 5.95. The van der Waals surface area contributed by atoms with E-state index < -0.39 is 17.2 Å². The minimum Gasteiger partial charge on any atom is -0.389 e. The lowest BCUT2D eigenvalue weighted by atomic mass is 9.97. The molecule has 1 aliphatic rings. The van der Waals surface area contributed by atoms with E-state index in [1.54, 1.807) is 49.3 Å². The zero-order valence-corrected chi connectivity index (χ0v) is 22.1. The third-order valence-electron chi connectivity index (χ3n) is 7.25. The first-order valence-electron chi connectivity index (χ1n) is 13.1. The van der Waals surface area contributed by atoms with Crippen LogP contribution in [-0.4, -0.2) is 54.0 Å². The predicted molar refractivity (Wildman–Crippen MR) is 148 cm³/mol. The Hall–Kier alpha value is -4.40. The summed E-state index contributed by atoms with van der Waals surface area (Å²) < 4.78 is 34.2. The van der Waals surface area contributed by atoms with Crippen molar-refractivity contribution in [3.63, 3.8) is 0 Å². The number of benzene rings is 2. The van der Waals surface area contributed by atoms with E-state index in [-0.39, 0.29) is 23.7 Å². The molecule has 0 unspecified atom stereocenters. The van der Waals surface area contributed by atoms with Crippen molar-refractivity contribution in [3.8, 4) is 28.5 Å². The van der Waals surface area contributed by atoms with Gasteiger partial charge in [0.25, 0.3) is 0 Å². The molecule has 6 rings (SSSR count). The molecule has 0 amide bonds. The van der Waals surface area contributed by atoms with E-state index in [0.717, 1.165) is 12.8 Å². The number of nitrogens with zero attached hydrogens (tertiary/aromatic N) is 7. The third-order valence-corrected chi connectivity index (χ3v) is 7.25. The number of piperidine rings is 1. The number of anilines is 1. The van der Waals surface area contributed by atoms with Gasteiger partial charge in [0, 0.05) is 48.0 Å². The van der Waals surface area contributed by atoms with E-state index in [1.165, 1.54) is 18.2 Å². The van der Waals surface area contributed by atoms with Crippen LogP contribution in [0.25, 0.3) is 38.9 Å². The third kappa shape index (κ3) is 4.55. The molecule has 4 heterocycles. The van der Waals surface area contributed by atoms with Gasteiger partial charge in [-0.25, -0.2) is 18.7 Å². The number of aliphatic hydroxyl groups is 1. The van der Waals surface area contributed by atoms with Crippen LogP contribution in [0.15, 0.2) is 48.9 Å². The highest BCUT2D eigenvalue weighted by atomic mass is 19.1. The Labute approximate surface area is 229 Å². The van der Waals surface area contributed by atoms with E-state index in [9.17, 15) is 14.8 Å². The normalized spacial score (nSPS) is 14.8. The number of hydrogen-bond donors (Lipinski definition) is 2. The maximum absolute atomic E-state index is 15.9. The maximum Gasteiger partial charge on any atom is 0.211 e. The minimum absolute atomic E-state index is 0.0967. The molecule has 9 nitrogen and oxygen atoms in total. The average molecular weight is 543 g/mol. The van der Waals surface area contributed by atoms with Crippen molar-refractivity contribution in [1.82, 2.24) is 24.1 Å². The summed E-state index contributed by atoms with van der Waals surface area (Å²) in [5.41, 5.74) is 7.37. The average Bonchev–Trinajstić information content (AvgIpc) is 3.54. The minimum atomic E-state index is -1.05. The molecule has 3 N–H and O–H groups in total. The second-order valence-electron chi connectivity index (χ2n) is 10.9. The van der Waals surface area contributed by atoms with Gasteiger partial charge >= 0.3 is 0 Å². The zero-order chi connectivity index (χ0) is 28.2. The van der Waals surface area contributed by atoms with Gasteiger partial charge in [0.05, 0.1) is 40.7 Å². The molecule has 11 heteroatoms. The van der Waals surface area contributed by atoms with Crippen LogP contribution in [0.2, 0.25) is 0 Å². The van der Waals surface area contributed by atoms with Crippen molar-refractivity contribution in [3.05, 3.63) is 66.1 Å². The first-order valence-corrected chi connectivity index (χ1v) is 13.1. The number of imidazole rings is 1. The van der Waals surface area contributed by atoms with E-state index in [4.69, 9.17) is 10.7 Å². The van der Waals surface area contributed by atoms with Gasteiger partial charge in [-0.1, -0.05) is 6.07 Å². The van der Waals surface area contributed by atoms with Crippen molar-refractivity contribution in [2.75, 3.05) is 18.0 Å². The van der Waals surface area contributed by atoms with Gasteiger partial charge < -0.3 is 15.7 Å². The molecule has 1 saturated heterocycles. The number of nitriles is 1. The number of rotatable bonds is 5. The summed E-state index contributed by atoms with van der Waals surface area (Å²) in [7, 11) is 0. The lowest BCUT2D eigenvalue weighted by Crippen LogP contribution is -2.40. The fraction of sp³-hybridized carbons (Fsp3) is 0.310. The number of fused-ring (bicyclic) bond motifs is 2. The summed E-state index contributed by atoms with van der Waals surface area (Å²) >= 11 is 0. The Balaban J connectivity index is 1.63. The van der Waals surface area contributed by atoms with Gasteiger partial charge in [0.1, 0.15) is 23.4 Å². The second-order valence-corrected chi connectivity index (χ2v) is 10.9. The van der Waals surface area contributed by atoms with Crippen LogP contribution < -0.4 is 10.6 Å². The van der Waals surface area contributed by atoms with Crippen LogP contribution >= 0.6 is 0 Å². The second kappa shape index (κ2) is 9.66. The standard InChI is InChI=1S/C29H28F2N8O/c1-29(2,40)16-39-24-13-21(23(31)12-19(24)15-35-39)25-26(17-3-4-18(14-32)22(30)11-17)36-28(38-10-7-34-27(25)38)37-8-5-20(33)6-9-37/h3-4,7,10-13,15,20,40H,5-6,8-9,16,33H2,1-2H3. The first-order chi connectivity index (χ1) is 19.1. The van der Waals surface area contributed by atoms with Gasteiger partial charge in [0.2, 0.25) is 5.95 Å². The summed E-state index contributed by atoms with van der Waals surface area (Å²) in [5.74, 6) is -0.619. The highest BCUT2D eigenvalue weighted by Crippen LogP contribution is 2.39. The highest BCUT2D eigenvalue weighted by Gasteiger charge is 2.27. The number of hydrogen-bond acceptors (Lipinski definition) is 7. The van der Waals surface area contributed by atoms with Crippen LogP contribution in [-0.2, 0) is 6.54 Å². The molecule has 204 valence electrons. The van der Waals surface area contributed by atoms with Crippen molar-refractivity contribution in [1.29, 1.82) is 5.26 Å². The monoisotopic (exact) mass is 542 g/mol. The molecule has 0 radical (unpaired) electrons. The van der Waals surface area contributed by atoms with Gasteiger partial charge in [-0.05, 0) is 51.0 Å². The van der Waals surface area contributed by atoms with Crippen LogP contribution in [0.5, 0.6) is 0 Å². The summed E-state index contributed by atoms with van der Waals surface area (Å²) in [5, 5.41) is 24.6. The zero-order valence-electron chi connectivity index (χ0n) is 22.1. The fourth-order valence-electron chi connectivity index (χ4n) is 5.28. The Morgan fingerprint density at radius 2 is 1.93 bits per heavy atom.